The number of allylic oxidation sites excluding steroid dienone is 2. The third kappa shape index (κ3) is 2.30. The molecule has 1 aromatic rings. The van der Waals surface area contributed by atoms with Gasteiger partial charge in [-0.05, 0) is 57.0 Å². The molecule has 0 aromatic heterocycles. The highest BCUT2D eigenvalue weighted by molar-refractivity contribution is 5.58. The number of nitrogens with zero attached hydrogens (tertiary/aromatic N) is 1. The maximum Gasteiger partial charge on any atom is 0.161 e. The Morgan fingerprint density at radius 1 is 1.27 bits per heavy atom. The summed E-state index contributed by atoms with van der Waals surface area (Å²) < 4.78 is 17.3. The van der Waals surface area contributed by atoms with Gasteiger partial charge in [-0.15, -0.1) is 0 Å². The summed E-state index contributed by atoms with van der Waals surface area (Å²) in [4.78, 5) is 2.44. The summed E-state index contributed by atoms with van der Waals surface area (Å²) in [6.07, 6.45) is 4.95. The third-order valence-corrected chi connectivity index (χ3v) is 6.77. The van der Waals surface area contributed by atoms with E-state index in [0.717, 1.165) is 42.7 Å². The summed E-state index contributed by atoms with van der Waals surface area (Å²) in [5.74, 6) is 2.23. The normalized spacial score (nSPS) is 33.1. The van der Waals surface area contributed by atoms with Crippen molar-refractivity contribution in [3.05, 3.63) is 35.1 Å². The van der Waals surface area contributed by atoms with Gasteiger partial charge in [0.1, 0.15) is 0 Å². The number of hydrogen-bond donors (Lipinski definition) is 1. The van der Waals surface area contributed by atoms with E-state index in [9.17, 15) is 5.11 Å². The number of fused-ring (bicyclic) bond motifs is 1. The van der Waals surface area contributed by atoms with E-state index >= 15 is 0 Å². The summed E-state index contributed by atoms with van der Waals surface area (Å²) in [5.41, 5.74) is 2.07. The van der Waals surface area contributed by atoms with Crippen LogP contribution in [0.3, 0.4) is 0 Å². The SMILES string of the molecule is CCOC1c2ccc(OC)c(O)c2C23CC=C(OC)CC2C1N(C)CC3. The first kappa shape index (κ1) is 17.7. The highest BCUT2D eigenvalue weighted by atomic mass is 16.5. The molecule has 1 saturated heterocycles. The fourth-order valence-electron chi connectivity index (χ4n) is 5.60. The van der Waals surface area contributed by atoms with Crippen LogP contribution in [0.15, 0.2) is 24.0 Å². The van der Waals surface area contributed by atoms with Crippen LogP contribution in [0.1, 0.15) is 43.4 Å². The monoisotopic (exact) mass is 359 g/mol. The van der Waals surface area contributed by atoms with E-state index in [1.54, 1.807) is 14.2 Å². The van der Waals surface area contributed by atoms with Crippen molar-refractivity contribution < 1.29 is 19.3 Å². The Hall–Kier alpha value is -1.72. The number of likely N-dealkylation sites (tertiary alicyclic amines) is 1. The van der Waals surface area contributed by atoms with E-state index in [2.05, 4.69) is 24.1 Å². The second kappa shape index (κ2) is 6.46. The maximum atomic E-state index is 11.1. The summed E-state index contributed by atoms with van der Waals surface area (Å²) in [5, 5.41) is 11.1. The minimum atomic E-state index is -0.0826. The number of phenolic OH excluding ortho intramolecular Hbond substituents is 1. The zero-order valence-electron chi connectivity index (χ0n) is 16.1. The van der Waals surface area contributed by atoms with Crippen molar-refractivity contribution in [2.45, 2.75) is 43.7 Å². The highest BCUT2D eigenvalue weighted by Crippen LogP contribution is 2.61. The van der Waals surface area contributed by atoms with Crippen LogP contribution in [0, 0.1) is 5.92 Å². The summed E-state index contributed by atoms with van der Waals surface area (Å²) >= 11 is 0. The van der Waals surface area contributed by atoms with Gasteiger partial charge in [-0.25, -0.2) is 0 Å². The van der Waals surface area contributed by atoms with Crippen molar-refractivity contribution in [3.8, 4) is 11.5 Å². The molecular formula is C21H29NO4. The number of aromatic hydroxyl groups is 1. The van der Waals surface area contributed by atoms with Gasteiger partial charge < -0.3 is 24.2 Å². The zero-order valence-corrected chi connectivity index (χ0v) is 16.1. The quantitative estimate of drug-likeness (QED) is 0.893. The molecule has 0 amide bonds. The molecule has 0 saturated carbocycles. The molecule has 5 heteroatoms. The zero-order chi connectivity index (χ0) is 18.5. The van der Waals surface area contributed by atoms with Crippen molar-refractivity contribution in [2.75, 3.05) is 34.4 Å². The smallest absolute Gasteiger partial charge is 0.161 e. The van der Waals surface area contributed by atoms with Gasteiger partial charge in [0.05, 0.1) is 26.1 Å². The molecule has 0 spiro atoms. The number of piperidine rings is 1. The average molecular weight is 359 g/mol. The Kier molecular flexibility index (Phi) is 4.40. The second-order valence-electron chi connectivity index (χ2n) is 7.72. The van der Waals surface area contributed by atoms with Gasteiger partial charge in [0.2, 0.25) is 0 Å². The summed E-state index contributed by atoms with van der Waals surface area (Å²) in [7, 11) is 5.56. The first-order chi connectivity index (χ1) is 12.6. The van der Waals surface area contributed by atoms with Gasteiger partial charge >= 0.3 is 0 Å². The van der Waals surface area contributed by atoms with E-state index < -0.39 is 0 Å². The average Bonchev–Trinajstić information content (AvgIpc) is 2.66. The lowest BCUT2D eigenvalue weighted by molar-refractivity contribution is -0.0877. The molecule has 4 unspecified atom stereocenters. The Morgan fingerprint density at radius 2 is 2.08 bits per heavy atom. The number of ether oxygens (including phenoxy) is 3. The van der Waals surface area contributed by atoms with Gasteiger partial charge in [0.25, 0.3) is 0 Å². The van der Waals surface area contributed by atoms with Crippen LogP contribution >= 0.6 is 0 Å². The van der Waals surface area contributed by atoms with Crippen LogP contribution in [-0.2, 0) is 14.9 Å². The standard InChI is InChI=1S/C21H29NO4/c1-5-26-20-14-6-7-16(25-4)19(23)17(14)21-9-8-13(24-3)12-15(21)18(20)22(2)11-10-21/h6-8,15,18,20,23H,5,9-12H2,1-4H3. The Bertz CT molecular complexity index is 731. The lowest BCUT2D eigenvalue weighted by Crippen LogP contribution is -2.61. The van der Waals surface area contributed by atoms with Crippen LogP contribution in [0.25, 0.3) is 0 Å². The van der Waals surface area contributed by atoms with Crippen LogP contribution in [0.4, 0.5) is 0 Å². The van der Waals surface area contributed by atoms with Crippen LogP contribution < -0.4 is 4.74 Å². The predicted octanol–water partition coefficient (Wildman–Crippen LogP) is 3.37. The fourth-order valence-corrected chi connectivity index (χ4v) is 5.60. The van der Waals surface area contributed by atoms with Crippen LogP contribution in [0.5, 0.6) is 11.5 Å². The van der Waals surface area contributed by atoms with Crippen LogP contribution in [0.2, 0.25) is 0 Å². The van der Waals surface area contributed by atoms with Gasteiger partial charge in [0, 0.05) is 30.0 Å². The maximum absolute atomic E-state index is 11.1. The first-order valence-corrected chi connectivity index (χ1v) is 9.52. The molecule has 2 bridgehead atoms. The van der Waals surface area contributed by atoms with Gasteiger partial charge in [-0.1, -0.05) is 6.07 Å². The van der Waals surface area contributed by atoms with Gasteiger partial charge in [0.15, 0.2) is 11.5 Å². The second-order valence-corrected chi connectivity index (χ2v) is 7.72. The minimum Gasteiger partial charge on any atom is -0.504 e. The molecule has 1 fully saturated rings. The molecule has 0 radical (unpaired) electrons. The summed E-state index contributed by atoms with van der Waals surface area (Å²) in [6.45, 7) is 3.68. The van der Waals surface area contributed by atoms with E-state index in [0.29, 0.717) is 18.3 Å². The van der Waals surface area contributed by atoms with E-state index in [4.69, 9.17) is 14.2 Å². The number of hydrogen-bond acceptors (Lipinski definition) is 5. The molecule has 1 N–H and O–H groups in total. The minimum absolute atomic E-state index is 0.0496. The van der Waals surface area contributed by atoms with Crippen LogP contribution in [-0.4, -0.2) is 50.5 Å². The lowest BCUT2D eigenvalue weighted by Gasteiger charge is -2.59. The highest BCUT2D eigenvalue weighted by Gasteiger charge is 2.58. The van der Waals surface area contributed by atoms with Crippen molar-refractivity contribution in [1.82, 2.24) is 4.90 Å². The molecule has 142 valence electrons. The molecule has 1 aliphatic heterocycles. The number of benzene rings is 1. The van der Waals surface area contributed by atoms with Gasteiger partial charge in [-0.2, -0.15) is 0 Å². The third-order valence-electron chi connectivity index (χ3n) is 6.77. The Balaban J connectivity index is 1.96. The molecular weight excluding hydrogens is 330 g/mol. The van der Waals surface area contributed by atoms with Crippen molar-refractivity contribution >= 4 is 0 Å². The Labute approximate surface area is 155 Å². The molecule has 26 heavy (non-hydrogen) atoms. The van der Waals surface area contributed by atoms with Gasteiger partial charge in [-0.3, -0.25) is 0 Å². The van der Waals surface area contributed by atoms with Crippen molar-refractivity contribution in [3.63, 3.8) is 0 Å². The fraction of sp³-hybridized carbons (Fsp3) is 0.619. The van der Waals surface area contributed by atoms with E-state index in [-0.39, 0.29) is 23.3 Å². The largest absolute Gasteiger partial charge is 0.504 e. The number of rotatable bonds is 4. The first-order valence-electron chi connectivity index (χ1n) is 9.52. The molecule has 4 rings (SSSR count). The summed E-state index contributed by atoms with van der Waals surface area (Å²) in [6, 6.07) is 4.24. The number of methoxy groups -OCH3 is 2. The number of likely N-dealkylation sites (N-methyl/N-ethyl adjacent to an activating group) is 1. The van der Waals surface area contributed by atoms with E-state index in [1.165, 1.54) is 0 Å². The molecule has 5 nitrogen and oxygen atoms in total. The van der Waals surface area contributed by atoms with Crippen molar-refractivity contribution in [2.24, 2.45) is 5.92 Å². The lowest BCUT2D eigenvalue weighted by atomic mass is 9.52. The molecule has 1 aromatic carbocycles. The molecule has 1 heterocycles. The van der Waals surface area contributed by atoms with E-state index in [1.807, 2.05) is 13.0 Å². The molecule has 4 atom stereocenters. The number of phenols is 1. The Morgan fingerprint density at radius 3 is 2.77 bits per heavy atom. The topological polar surface area (TPSA) is 51.2 Å². The molecule has 2 aliphatic carbocycles. The predicted molar refractivity (Wildman–Crippen MR) is 99.6 cm³/mol. The molecule has 3 aliphatic rings. The van der Waals surface area contributed by atoms with Crippen molar-refractivity contribution in [1.29, 1.82) is 0 Å².